The van der Waals surface area contributed by atoms with Gasteiger partial charge in [-0.25, -0.2) is 13.2 Å². The number of likely N-dealkylation sites (tertiary alicyclic amines) is 1. The summed E-state index contributed by atoms with van der Waals surface area (Å²) < 4.78 is 28.5. The van der Waals surface area contributed by atoms with E-state index >= 15 is 0 Å². The minimum absolute atomic E-state index is 0.0377. The molecule has 0 saturated carbocycles. The molecule has 2 N–H and O–H groups in total. The van der Waals surface area contributed by atoms with Gasteiger partial charge in [0, 0.05) is 19.2 Å². The lowest BCUT2D eigenvalue weighted by Crippen LogP contribution is -2.50. The highest BCUT2D eigenvalue weighted by molar-refractivity contribution is 7.89. The van der Waals surface area contributed by atoms with Crippen molar-refractivity contribution < 1.29 is 23.1 Å². The molecular formula is C22H26N2O5S. The summed E-state index contributed by atoms with van der Waals surface area (Å²) in [5.41, 5.74) is 0. The average molecular weight is 431 g/mol. The molecule has 1 fully saturated rings. The van der Waals surface area contributed by atoms with Gasteiger partial charge in [-0.15, -0.1) is 0 Å². The summed E-state index contributed by atoms with van der Waals surface area (Å²) in [5.74, 6) is -0.958. The van der Waals surface area contributed by atoms with Crippen LogP contribution in [0.3, 0.4) is 0 Å². The van der Waals surface area contributed by atoms with Crippen molar-refractivity contribution in [2.45, 2.75) is 37.1 Å². The third-order valence-electron chi connectivity index (χ3n) is 5.35. The Kier molecular flexibility index (Phi) is 6.89. The minimum Gasteiger partial charge on any atom is -0.478 e. The highest BCUT2D eigenvalue weighted by Crippen LogP contribution is 2.21. The first-order valence-corrected chi connectivity index (χ1v) is 11.4. The fraction of sp³-hybridized carbons (Fsp3) is 0.364. The van der Waals surface area contributed by atoms with Crippen LogP contribution in [-0.2, 0) is 19.6 Å². The lowest BCUT2D eigenvalue weighted by atomic mass is 9.98. The van der Waals surface area contributed by atoms with Crippen LogP contribution < -0.4 is 4.72 Å². The summed E-state index contributed by atoms with van der Waals surface area (Å²) in [5, 5.41) is 10.5. The normalized spacial score (nSPS) is 16.8. The summed E-state index contributed by atoms with van der Waals surface area (Å²) in [6.45, 7) is 3.25. The molecule has 1 amide bonds. The van der Waals surface area contributed by atoms with Crippen molar-refractivity contribution in [2.75, 3.05) is 13.1 Å². The summed E-state index contributed by atoms with van der Waals surface area (Å²) in [6, 6.07) is 11.1. The maximum Gasteiger partial charge on any atom is 0.327 e. The zero-order valence-corrected chi connectivity index (χ0v) is 17.6. The van der Waals surface area contributed by atoms with E-state index in [1.54, 1.807) is 17.0 Å². The third-order valence-corrected chi connectivity index (χ3v) is 6.82. The van der Waals surface area contributed by atoms with Crippen LogP contribution >= 0.6 is 0 Å². The van der Waals surface area contributed by atoms with Crippen LogP contribution in [0.4, 0.5) is 0 Å². The van der Waals surface area contributed by atoms with Crippen LogP contribution in [0.2, 0.25) is 0 Å². The molecule has 30 heavy (non-hydrogen) atoms. The number of benzene rings is 2. The van der Waals surface area contributed by atoms with Crippen molar-refractivity contribution in [3.63, 3.8) is 0 Å². The predicted octanol–water partition coefficient (Wildman–Crippen LogP) is 2.78. The molecule has 0 unspecified atom stereocenters. The van der Waals surface area contributed by atoms with Crippen molar-refractivity contribution in [2.24, 2.45) is 5.92 Å². The van der Waals surface area contributed by atoms with Crippen LogP contribution in [0.5, 0.6) is 0 Å². The monoisotopic (exact) mass is 430 g/mol. The third kappa shape index (κ3) is 5.46. The second-order valence-corrected chi connectivity index (χ2v) is 9.38. The molecule has 160 valence electrons. The van der Waals surface area contributed by atoms with Gasteiger partial charge >= 0.3 is 5.97 Å². The van der Waals surface area contributed by atoms with Gasteiger partial charge in [0.1, 0.15) is 6.04 Å². The number of carbonyl (C=O) groups excluding carboxylic acids is 1. The van der Waals surface area contributed by atoms with Crippen molar-refractivity contribution in [3.8, 4) is 0 Å². The first-order chi connectivity index (χ1) is 14.3. The minimum atomic E-state index is -3.97. The van der Waals surface area contributed by atoms with Crippen molar-refractivity contribution in [1.29, 1.82) is 0 Å². The molecule has 0 bridgehead atoms. The Morgan fingerprint density at radius 2 is 1.83 bits per heavy atom. The van der Waals surface area contributed by atoms with Gasteiger partial charge in [0.05, 0.1) is 4.90 Å². The molecule has 1 saturated heterocycles. The Morgan fingerprint density at radius 3 is 2.50 bits per heavy atom. The number of piperidine rings is 1. The summed E-state index contributed by atoms with van der Waals surface area (Å²) in [6.07, 6.45) is 3.91. The molecule has 0 aliphatic carbocycles. The quantitative estimate of drug-likeness (QED) is 0.658. The maximum absolute atomic E-state index is 13.0. The van der Waals surface area contributed by atoms with Crippen molar-refractivity contribution >= 4 is 32.7 Å². The average Bonchev–Trinajstić information content (AvgIpc) is 2.72. The van der Waals surface area contributed by atoms with Gasteiger partial charge in [0.25, 0.3) is 0 Å². The molecular weight excluding hydrogens is 404 g/mol. The second-order valence-electron chi connectivity index (χ2n) is 7.67. The van der Waals surface area contributed by atoms with Crippen molar-refractivity contribution in [1.82, 2.24) is 9.62 Å². The van der Waals surface area contributed by atoms with Gasteiger partial charge in [0.15, 0.2) is 0 Å². The number of hydrogen-bond acceptors (Lipinski definition) is 4. The summed E-state index contributed by atoms with van der Waals surface area (Å²) >= 11 is 0. The number of rotatable bonds is 7. The fourth-order valence-electron chi connectivity index (χ4n) is 3.54. The maximum atomic E-state index is 13.0. The molecule has 8 heteroatoms. The van der Waals surface area contributed by atoms with Gasteiger partial charge in [-0.1, -0.05) is 43.3 Å². The second kappa shape index (κ2) is 9.40. The number of aliphatic carboxylic acids is 1. The number of fused-ring (bicyclic) bond motifs is 1. The summed E-state index contributed by atoms with van der Waals surface area (Å²) in [7, 11) is -3.97. The smallest absolute Gasteiger partial charge is 0.327 e. The van der Waals surface area contributed by atoms with Crippen LogP contribution in [0.25, 0.3) is 10.8 Å². The molecule has 0 radical (unpaired) electrons. The molecule has 2 aromatic carbocycles. The van der Waals surface area contributed by atoms with Crippen LogP contribution in [-0.4, -0.2) is 49.4 Å². The van der Waals surface area contributed by atoms with E-state index in [0.29, 0.717) is 19.0 Å². The van der Waals surface area contributed by atoms with Gasteiger partial charge in [0.2, 0.25) is 15.9 Å². The SMILES string of the molecule is CC1CCN(C(=O)[C@H](CC=CC(=O)O)NS(=O)(=O)c2ccc3ccccc3c2)CC1. The molecule has 0 aromatic heterocycles. The number of carboxylic acid groups (broad SMARTS) is 1. The Morgan fingerprint density at radius 1 is 1.17 bits per heavy atom. The van der Waals surface area contributed by atoms with Gasteiger partial charge in [-0.05, 0) is 48.1 Å². The van der Waals surface area contributed by atoms with E-state index in [0.717, 1.165) is 29.7 Å². The number of hydrogen-bond donors (Lipinski definition) is 2. The van der Waals surface area contributed by atoms with E-state index in [1.807, 2.05) is 24.3 Å². The number of carboxylic acids is 1. The summed E-state index contributed by atoms with van der Waals surface area (Å²) in [4.78, 5) is 25.5. The van der Waals surface area contributed by atoms with Crippen molar-refractivity contribution in [3.05, 3.63) is 54.6 Å². The van der Waals surface area contributed by atoms with E-state index < -0.39 is 22.0 Å². The predicted molar refractivity (Wildman–Crippen MR) is 114 cm³/mol. The molecule has 1 aliphatic rings. The number of sulfonamides is 1. The van der Waals surface area contributed by atoms with Gasteiger partial charge < -0.3 is 10.0 Å². The van der Waals surface area contributed by atoms with E-state index in [-0.39, 0.29) is 17.2 Å². The van der Waals surface area contributed by atoms with E-state index in [9.17, 15) is 18.0 Å². The number of nitrogens with zero attached hydrogens (tertiary/aromatic N) is 1. The number of amides is 1. The largest absolute Gasteiger partial charge is 0.478 e. The molecule has 2 aromatic rings. The van der Waals surface area contributed by atoms with Gasteiger partial charge in [-0.2, -0.15) is 4.72 Å². The van der Waals surface area contributed by atoms with Gasteiger partial charge in [-0.3, -0.25) is 4.79 Å². The molecule has 7 nitrogen and oxygen atoms in total. The molecule has 1 aliphatic heterocycles. The molecule has 3 rings (SSSR count). The Balaban J connectivity index is 1.84. The van der Waals surface area contributed by atoms with Crippen LogP contribution in [0.15, 0.2) is 59.5 Å². The zero-order valence-electron chi connectivity index (χ0n) is 16.8. The molecule has 1 atom stereocenters. The standard InChI is InChI=1S/C22H26N2O5S/c1-16-11-13-24(14-12-16)22(27)20(7-4-8-21(25)26)23-30(28,29)19-10-9-17-5-2-3-6-18(17)15-19/h2-6,8-10,15-16,20,23H,7,11-14H2,1H3,(H,25,26)/t20-/m0/s1. The van der Waals surface area contributed by atoms with E-state index in [1.165, 1.54) is 12.1 Å². The number of nitrogens with one attached hydrogen (secondary N) is 1. The molecule has 1 heterocycles. The lowest BCUT2D eigenvalue weighted by molar-refractivity contribution is -0.134. The number of carbonyl (C=O) groups is 2. The topological polar surface area (TPSA) is 104 Å². The fourth-order valence-corrected chi connectivity index (χ4v) is 4.78. The first kappa shape index (κ1) is 22.0. The Bertz CT molecular complexity index is 1060. The highest BCUT2D eigenvalue weighted by Gasteiger charge is 2.30. The Labute approximate surface area is 176 Å². The van der Waals surface area contributed by atoms with E-state index in [2.05, 4.69) is 11.6 Å². The Hall–Kier alpha value is -2.71. The van der Waals surface area contributed by atoms with Crippen LogP contribution in [0.1, 0.15) is 26.2 Å². The van der Waals surface area contributed by atoms with E-state index in [4.69, 9.17) is 5.11 Å². The highest BCUT2D eigenvalue weighted by atomic mass is 32.2. The lowest BCUT2D eigenvalue weighted by Gasteiger charge is -2.33. The van der Waals surface area contributed by atoms with Crippen LogP contribution in [0, 0.1) is 5.92 Å². The zero-order chi connectivity index (χ0) is 21.7. The first-order valence-electron chi connectivity index (χ1n) is 9.95. The molecule has 0 spiro atoms.